The van der Waals surface area contributed by atoms with Crippen molar-refractivity contribution in [3.05, 3.63) is 70.4 Å². The van der Waals surface area contributed by atoms with Gasteiger partial charge in [0.1, 0.15) is 18.2 Å². The number of halogens is 1. The molecule has 28 heavy (non-hydrogen) atoms. The highest BCUT2D eigenvalue weighted by Gasteiger charge is 2.25. The zero-order valence-corrected chi connectivity index (χ0v) is 16.2. The molecule has 144 valence electrons. The van der Waals surface area contributed by atoms with E-state index < -0.39 is 0 Å². The Balaban J connectivity index is 1.38. The van der Waals surface area contributed by atoms with E-state index in [1.54, 1.807) is 18.2 Å². The van der Waals surface area contributed by atoms with E-state index in [9.17, 15) is 9.18 Å². The van der Waals surface area contributed by atoms with Gasteiger partial charge in [0.2, 0.25) is 0 Å². The minimum absolute atomic E-state index is 0.110. The predicted octanol–water partition coefficient (Wildman–Crippen LogP) is 4.91. The summed E-state index contributed by atoms with van der Waals surface area (Å²) in [5.41, 5.74) is 1.42. The highest BCUT2D eigenvalue weighted by Crippen LogP contribution is 2.29. The monoisotopic (exact) mass is 396 g/mol. The van der Waals surface area contributed by atoms with Crippen LogP contribution in [-0.4, -0.2) is 17.1 Å². The van der Waals surface area contributed by atoms with Gasteiger partial charge in [-0.05, 0) is 54.4 Å². The zero-order valence-electron chi connectivity index (χ0n) is 15.4. The van der Waals surface area contributed by atoms with Crippen LogP contribution in [0.3, 0.4) is 0 Å². The van der Waals surface area contributed by atoms with Crippen molar-refractivity contribution in [1.82, 2.24) is 5.32 Å². The number of nitrogens with one attached hydrogen (secondary N) is 1. The van der Waals surface area contributed by atoms with E-state index in [4.69, 9.17) is 4.74 Å². The van der Waals surface area contributed by atoms with Crippen molar-refractivity contribution in [3.8, 4) is 5.75 Å². The van der Waals surface area contributed by atoms with Gasteiger partial charge in [0.15, 0.2) is 5.17 Å². The van der Waals surface area contributed by atoms with Crippen molar-refractivity contribution in [2.75, 3.05) is 0 Å². The first-order valence-corrected chi connectivity index (χ1v) is 10.2. The highest BCUT2D eigenvalue weighted by atomic mass is 32.2. The molecule has 4 nitrogen and oxygen atoms in total. The highest BCUT2D eigenvalue weighted by molar-refractivity contribution is 8.18. The molecule has 0 aromatic heterocycles. The van der Waals surface area contributed by atoms with Gasteiger partial charge in [-0.25, -0.2) is 4.39 Å². The van der Waals surface area contributed by atoms with Gasteiger partial charge in [0.25, 0.3) is 5.91 Å². The van der Waals surface area contributed by atoms with Crippen molar-refractivity contribution >= 4 is 28.9 Å². The van der Waals surface area contributed by atoms with Crippen LogP contribution in [0.4, 0.5) is 4.39 Å². The van der Waals surface area contributed by atoms with E-state index in [0.29, 0.717) is 27.4 Å². The molecule has 1 amide bonds. The number of aliphatic imine (C=N–C) groups is 1. The van der Waals surface area contributed by atoms with Gasteiger partial charge in [-0.3, -0.25) is 9.79 Å². The van der Waals surface area contributed by atoms with Crippen LogP contribution in [0.25, 0.3) is 6.08 Å². The quantitative estimate of drug-likeness (QED) is 0.731. The van der Waals surface area contributed by atoms with Crippen LogP contribution in [0, 0.1) is 5.82 Å². The Bertz CT molecular complexity index is 918. The molecule has 1 aliphatic heterocycles. The number of hydrogen-bond donors (Lipinski definition) is 1. The van der Waals surface area contributed by atoms with E-state index in [1.807, 2.05) is 30.3 Å². The van der Waals surface area contributed by atoms with Gasteiger partial charge in [-0.2, -0.15) is 0 Å². The summed E-state index contributed by atoms with van der Waals surface area (Å²) in [7, 11) is 0. The van der Waals surface area contributed by atoms with Crippen LogP contribution in [0.2, 0.25) is 0 Å². The van der Waals surface area contributed by atoms with Crippen LogP contribution in [0.5, 0.6) is 5.75 Å². The fourth-order valence-electron chi connectivity index (χ4n) is 3.28. The summed E-state index contributed by atoms with van der Waals surface area (Å²) in [5.74, 6) is 0.266. The first kappa shape index (κ1) is 18.7. The van der Waals surface area contributed by atoms with Crippen molar-refractivity contribution < 1.29 is 13.9 Å². The van der Waals surface area contributed by atoms with Crippen LogP contribution in [-0.2, 0) is 11.4 Å². The maximum absolute atomic E-state index is 13.6. The second kappa shape index (κ2) is 8.61. The number of hydrogen-bond acceptors (Lipinski definition) is 4. The number of nitrogens with zero attached hydrogens (tertiary/aromatic N) is 1. The molecule has 2 aromatic carbocycles. The molecule has 0 unspecified atom stereocenters. The molecule has 2 aliphatic rings. The number of amides is 1. The molecule has 2 fully saturated rings. The molecule has 1 aliphatic carbocycles. The molecule has 6 heteroatoms. The third kappa shape index (κ3) is 4.62. The van der Waals surface area contributed by atoms with Gasteiger partial charge < -0.3 is 10.1 Å². The molecule has 1 saturated heterocycles. The van der Waals surface area contributed by atoms with Crippen molar-refractivity contribution in [2.24, 2.45) is 4.99 Å². The lowest BCUT2D eigenvalue weighted by molar-refractivity contribution is -0.115. The lowest BCUT2D eigenvalue weighted by Gasteiger charge is -2.07. The fourth-order valence-corrected chi connectivity index (χ4v) is 4.17. The van der Waals surface area contributed by atoms with Crippen LogP contribution in [0.1, 0.15) is 36.8 Å². The van der Waals surface area contributed by atoms with Gasteiger partial charge in [0.05, 0.1) is 10.9 Å². The molecular weight excluding hydrogens is 375 g/mol. The molecule has 2 aromatic rings. The van der Waals surface area contributed by atoms with E-state index in [0.717, 1.165) is 18.4 Å². The second-order valence-electron chi connectivity index (χ2n) is 6.89. The summed E-state index contributed by atoms with van der Waals surface area (Å²) >= 11 is 1.39. The maximum atomic E-state index is 13.6. The number of carbonyl (C=O) groups excluding carboxylic acids is 1. The van der Waals surface area contributed by atoms with Crippen molar-refractivity contribution in [3.63, 3.8) is 0 Å². The minimum atomic E-state index is -0.275. The summed E-state index contributed by atoms with van der Waals surface area (Å²) < 4.78 is 19.3. The summed E-state index contributed by atoms with van der Waals surface area (Å²) in [6.07, 6.45) is 6.49. The van der Waals surface area contributed by atoms with Crippen LogP contribution < -0.4 is 10.1 Å². The fraction of sp³-hybridized carbons (Fsp3) is 0.273. The Kier molecular flexibility index (Phi) is 5.76. The largest absolute Gasteiger partial charge is 0.489 e. The second-order valence-corrected chi connectivity index (χ2v) is 7.92. The minimum Gasteiger partial charge on any atom is -0.489 e. The molecule has 0 atom stereocenters. The Morgan fingerprint density at radius 2 is 1.89 bits per heavy atom. The summed E-state index contributed by atoms with van der Waals surface area (Å²) in [6, 6.07) is 14.3. The number of carbonyl (C=O) groups is 1. The molecule has 4 rings (SSSR count). The SMILES string of the molecule is O=C1NC(=NC2CCCC2)S/C1=C\c1ccc(OCc2ccccc2F)cc1. The molecular formula is C22H21FN2O2S. The normalized spacial score (nSPS) is 20.1. The topological polar surface area (TPSA) is 50.7 Å². The lowest BCUT2D eigenvalue weighted by Crippen LogP contribution is -2.21. The molecule has 1 heterocycles. The standard InChI is InChI=1S/C22H21FN2O2S/c23-19-8-4-1-5-16(19)14-27-18-11-9-15(10-12-18)13-20-21(26)25-22(28-20)24-17-6-2-3-7-17/h1,4-5,8-13,17H,2-3,6-7,14H2,(H,24,25,26)/b20-13-. The van der Waals surface area contributed by atoms with Crippen LogP contribution in [0.15, 0.2) is 58.4 Å². The first-order valence-electron chi connectivity index (χ1n) is 9.42. The van der Waals surface area contributed by atoms with Gasteiger partial charge >= 0.3 is 0 Å². The third-order valence-corrected chi connectivity index (χ3v) is 5.73. The van der Waals surface area contributed by atoms with E-state index in [1.165, 1.54) is 30.7 Å². The Hall–Kier alpha value is -2.60. The molecule has 1 N–H and O–H groups in total. The number of rotatable bonds is 5. The average molecular weight is 396 g/mol. The third-order valence-electron chi connectivity index (χ3n) is 4.81. The summed E-state index contributed by atoms with van der Waals surface area (Å²) in [5, 5.41) is 3.55. The average Bonchev–Trinajstić information content (AvgIpc) is 3.32. The van der Waals surface area contributed by atoms with Crippen molar-refractivity contribution in [1.29, 1.82) is 0 Å². The van der Waals surface area contributed by atoms with E-state index >= 15 is 0 Å². The molecule has 0 spiro atoms. The molecule has 1 saturated carbocycles. The number of amidine groups is 1. The maximum Gasteiger partial charge on any atom is 0.264 e. The Labute approximate surface area is 167 Å². The molecule has 0 bridgehead atoms. The Morgan fingerprint density at radius 3 is 2.64 bits per heavy atom. The summed E-state index contributed by atoms with van der Waals surface area (Å²) in [4.78, 5) is 17.5. The number of thioether (sulfide) groups is 1. The van der Waals surface area contributed by atoms with E-state index in [-0.39, 0.29) is 18.3 Å². The number of ether oxygens (including phenoxy) is 1. The number of benzene rings is 2. The predicted molar refractivity (Wildman–Crippen MR) is 111 cm³/mol. The van der Waals surface area contributed by atoms with E-state index in [2.05, 4.69) is 10.3 Å². The van der Waals surface area contributed by atoms with Gasteiger partial charge in [-0.15, -0.1) is 0 Å². The summed E-state index contributed by atoms with van der Waals surface area (Å²) in [6.45, 7) is 0.173. The van der Waals surface area contributed by atoms with Crippen LogP contribution >= 0.6 is 11.8 Å². The first-order chi connectivity index (χ1) is 13.7. The zero-order chi connectivity index (χ0) is 19.3. The van der Waals surface area contributed by atoms with Crippen molar-refractivity contribution in [2.45, 2.75) is 38.3 Å². The Morgan fingerprint density at radius 1 is 1.14 bits per heavy atom. The smallest absolute Gasteiger partial charge is 0.264 e. The lowest BCUT2D eigenvalue weighted by atomic mass is 10.2. The van der Waals surface area contributed by atoms with Gasteiger partial charge in [-0.1, -0.05) is 43.2 Å². The van der Waals surface area contributed by atoms with Gasteiger partial charge in [0, 0.05) is 5.56 Å². The molecule has 0 radical (unpaired) electrons.